The van der Waals surface area contributed by atoms with Gasteiger partial charge in [-0.25, -0.2) is 0 Å². The molecule has 0 radical (unpaired) electrons. The lowest BCUT2D eigenvalue weighted by Gasteiger charge is -2.16. The van der Waals surface area contributed by atoms with Crippen LogP contribution in [-0.2, 0) is 9.53 Å². The number of halogens is 1. The fourth-order valence-electron chi connectivity index (χ4n) is 2.70. The van der Waals surface area contributed by atoms with Gasteiger partial charge >= 0.3 is 5.97 Å². The van der Waals surface area contributed by atoms with Crippen LogP contribution in [0.15, 0.2) is 12.2 Å². The van der Waals surface area contributed by atoms with Gasteiger partial charge in [-0.05, 0) is 44.4 Å². The smallest absolute Gasteiger partial charge is 0.309 e. The molecule has 2 bridgehead atoms. The Morgan fingerprint density at radius 1 is 1.50 bits per heavy atom. The standard InChI is InChI=1S/C13H19ClO2/c1-9(14)3-2-6-16-13(15)12-8-10-4-5-11(12)7-10/h4-5,9-12H,2-3,6-8H2,1H3/t9?,10-,11+,12?/m1/s1. The van der Waals surface area contributed by atoms with Gasteiger partial charge in [0, 0.05) is 5.38 Å². The number of alkyl halides is 1. The minimum absolute atomic E-state index is 0.000856. The fraction of sp³-hybridized carbons (Fsp3) is 0.769. The summed E-state index contributed by atoms with van der Waals surface area (Å²) in [6, 6.07) is 0. The van der Waals surface area contributed by atoms with E-state index in [0.29, 0.717) is 18.4 Å². The van der Waals surface area contributed by atoms with Crippen molar-refractivity contribution in [3.63, 3.8) is 0 Å². The van der Waals surface area contributed by atoms with Crippen LogP contribution in [0.1, 0.15) is 32.6 Å². The molecule has 1 saturated carbocycles. The summed E-state index contributed by atoms with van der Waals surface area (Å²) in [4.78, 5) is 11.8. The quantitative estimate of drug-likeness (QED) is 0.320. The molecule has 4 atom stereocenters. The lowest BCUT2D eigenvalue weighted by atomic mass is 9.94. The van der Waals surface area contributed by atoms with Gasteiger partial charge in [0.05, 0.1) is 12.5 Å². The zero-order valence-electron chi connectivity index (χ0n) is 9.69. The average Bonchev–Trinajstić information content (AvgIpc) is 2.85. The van der Waals surface area contributed by atoms with Crippen molar-refractivity contribution in [1.82, 2.24) is 0 Å². The van der Waals surface area contributed by atoms with E-state index >= 15 is 0 Å². The maximum Gasteiger partial charge on any atom is 0.309 e. The number of carbonyl (C=O) groups excluding carboxylic acids is 1. The minimum atomic E-state index is -0.000856. The second kappa shape index (κ2) is 5.22. The summed E-state index contributed by atoms with van der Waals surface area (Å²) < 4.78 is 5.30. The summed E-state index contributed by atoms with van der Waals surface area (Å²) in [6.45, 7) is 2.48. The summed E-state index contributed by atoms with van der Waals surface area (Å²) in [5, 5.41) is 0.170. The van der Waals surface area contributed by atoms with Gasteiger partial charge < -0.3 is 4.74 Å². The number of rotatable bonds is 5. The maximum atomic E-state index is 11.8. The van der Waals surface area contributed by atoms with Gasteiger partial charge in [0.1, 0.15) is 0 Å². The molecule has 0 aromatic heterocycles. The van der Waals surface area contributed by atoms with Gasteiger partial charge in [-0.3, -0.25) is 4.79 Å². The third kappa shape index (κ3) is 2.79. The second-order valence-electron chi connectivity index (χ2n) is 4.98. The zero-order valence-corrected chi connectivity index (χ0v) is 10.5. The van der Waals surface area contributed by atoms with E-state index in [-0.39, 0.29) is 17.3 Å². The van der Waals surface area contributed by atoms with Gasteiger partial charge in [0.25, 0.3) is 0 Å². The molecule has 0 amide bonds. The van der Waals surface area contributed by atoms with Gasteiger partial charge in [-0.1, -0.05) is 12.2 Å². The third-order valence-corrected chi connectivity index (χ3v) is 3.79. The lowest BCUT2D eigenvalue weighted by molar-refractivity contribution is -0.149. The van der Waals surface area contributed by atoms with E-state index in [1.165, 1.54) is 0 Å². The summed E-state index contributed by atoms with van der Waals surface area (Å²) in [5.74, 6) is 1.21. The summed E-state index contributed by atoms with van der Waals surface area (Å²) in [5.41, 5.74) is 0. The molecule has 2 aliphatic rings. The molecule has 2 nitrogen and oxygen atoms in total. The van der Waals surface area contributed by atoms with Crippen molar-refractivity contribution in [2.24, 2.45) is 17.8 Å². The van der Waals surface area contributed by atoms with Crippen molar-refractivity contribution in [3.8, 4) is 0 Å². The molecule has 2 rings (SSSR count). The Labute approximate surface area is 102 Å². The van der Waals surface area contributed by atoms with Crippen LogP contribution in [0.2, 0.25) is 0 Å². The van der Waals surface area contributed by atoms with Crippen LogP contribution in [0.25, 0.3) is 0 Å². The van der Waals surface area contributed by atoms with Crippen molar-refractivity contribution in [2.45, 2.75) is 38.0 Å². The van der Waals surface area contributed by atoms with E-state index in [0.717, 1.165) is 25.7 Å². The summed E-state index contributed by atoms with van der Waals surface area (Å²) in [7, 11) is 0. The number of hydrogen-bond donors (Lipinski definition) is 0. The van der Waals surface area contributed by atoms with Crippen molar-refractivity contribution in [2.75, 3.05) is 6.61 Å². The first-order valence-corrected chi connectivity index (χ1v) is 6.59. The Morgan fingerprint density at radius 2 is 2.31 bits per heavy atom. The lowest BCUT2D eigenvalue weighted by Crippen LogP contribution is -2.22. The molecule has 0 saturated heterocycles. The average molecular weight is 243 g/mol. The second-order valence-corrected chi connectivity index (χ2v) is 5.72. The number of ether oxygens (including phenoxy) is 1. The van der Waals surface area contributed by atoms with E-state index in [1.54, 1.807) is 0 Å². The Kier molecular flexibility index (Phi) is 3.91. The first-order valence-electron chi connectivity index (χ1n) is 6.16. The number of fused-ring (bicyclic) bond motifs is 2. The number of esters is 1. The molecular formula is C13H19ClO2. The molecule has 90 valence electrons. The predicted octanol–water partition coefficient (Wildman–Crippen LogP) is 3.15. The third-order valence-electron chi connectivity index (χ3n) is 3.57. The van der Waals surface area contributed by atoms with Gasteiger partial charge in [0.15, 0.2) is 0 Å². The molecule has 0 aliphatic heterocycles. The van der Waals surface area contributed by atoms with E-state index in [9.17, 15) is 4.79 Å². The topological polar surface area (TPSA) is 26.3 Å². The fourth-order valence-corrected chi connectivity index (χ4v) is 2.85. The van der Waals surface area contributed by atoms with Crippen molar-refractivity contribution in [1.29, 1.82) is 0 Å². The van der Waals surface area contributed by atoms with E-state index in [2.05, 4.69) is 12.2 Å². The van der Waals surface area contributed by atoms with Gasteiger partial charge in [0.2, 0.25) is 0 Å². The molecule has 2 unspecified atom stereocenters. The summed E-state index contributed by atoms with van der Waals surface area (Å²) >= 11 is 5.82. The van der Waals surface area contributed by atoms with Crippen molar-refractivity contribution < 1.29 is 9.53 Å². The van der Waals surface area contributed by atoms with E-state index < -0.39 is 0 Å². The highest BCUT2D eigenvalue weighted by molar-refractivity contribution is 6.20. The van der Waals surface area contributed by atoms with E-state index in [1.807, 2.05) is 6.92 Å². The predicted molar refractivity (Wildman–Crippen MR) is 64.4 cm³/mol. The molecule has 0 spiro atoms. The van der Waals surface area contributed by atoms with Crippen LogP contribution in [0.3, 0.4) is 0 Å². The molecule has 16 heavy (non-hydrogen) atoms. The molecule has 0 N–H and O–H groups in total. The summed E-state index contributed by atoms with van der Waals surface area (Å²) in [6.07, 6.45) is 8.34. The monoisotopic (exact) mass is 242 g/mol. The van der Waals surface area contributed by atoms with Crippen LogP contribution in [0.5, 0.6) is 0 Å². The zero-order chi connectivity index (χ0) is 11.5. The Balaban J connectivity index is 1.67. The Bertz CT molecular complexity index is 286. The molecule has 0 heterocycles. The van der Waals surface area contributed by atoms with E-state index in [4.69, 9.17) is 16.3 Å². The van der Waals surface area contributed by atoms with Crippen LogP contribution in [0.4, 0.5) is 0 Å². The highest BCUT2D eigenvalue weighted by Crippen LogP contribution is 2.43. The highest BCUT2D eigenvalue weighted by Gasteiger charge is 2.40. The normalized spacial score (nSPS) is 33.0. The molecule has 0 aromatic carbocycles. The van der Waals surface area contributed by atoms with Gasteiger partial charge in [-0.2, -0.15) is 0 Å². The van der Waals surface area contributed by atoms with Gasteiger partial charge in [-0.15, -0.1) is 11.6 Å². The number of allylic oxidation sites excluding steroid dienone is 2. The largest absolute Gasteiger partial charge is 0.465 e. The van der Waals surface area contributed by atoms with Crippen LogP contribution < -0.4 is 0 Å². The first-order chi connectivity index (χ1) is 7.66. The maximum absolute atomic E-state index is 11.8. The SMILES string of the molecule is CC(Cl)CCCOC(=O)C1C[C@@H]2C=C[C@H]1C2. The molecule has 0 aromatic rings. The number of carbonyl (C=O) groups is 1. The van der Waals surface area contributed by atoms with Crippen LogP contribution in [-0.4, -0.2) is 18.0 Å². The Morgan fingerprint density at radius 3 is 2.88 bits per heavy atom. The molecule has 2 aliphatic carbocycles. The molecular weight excluding hydrogens is 224 g/mol. The Hall–Kier alpha value is -0.500. The molecule has 3 heteroatoms. The van der Waals surface area contributed by atoms with Crippen LogP contribution >= 0.6 is 11.6 Å². The van der Waals surface area contributed by atoms with Crippen molar-refractivity contribution >= 4 is 17.6 Å². The number of hydrogen-bond acceptors (Lipinski definition) is 2. The minimum Gasteiger partial charge on any atom is -0.465 e. The van der Waals surface area contributed by atoms with Crippen molar-refractivity contribution in [3.05, 3.63) is 12.2 Å². The first kappa shape index (κ1) is 12.0. The highest BCUT2D eigenvalue weighted by atomic mass is 35.5. The molecule has 1 fully saturated rings. The van der Waals surface area contributed by atoms with Crippen LogP contribution in [0, 0.1) is 17.8 Å².